The van der Waals surface area contributed by atoms with Gasteiger partial charge in [0.25, 0.3) is 0 Å². The molecule has 0 aliphatic rings. The van der Waals surface area contributed by atoms with Crippen molar-refractivity contribution in [2.45, 2.75) is 270 Å². The molecule has 330 valence electrons. The molecule has 0 radical (unpaired) electrons. The number of unbranched alkanes of at least 4 members (excludes halogenated alkanes) is 30. The average Bonchev–Trinajstić information content (AvgIpc) is 3.20. The first kappa shape index (κ1) is 54.3. The first-order valence-electron chi connectivity index (χ1n) is 24.6. The molecule has 0 saturated heterocycles. The summed E-state index contributed by atoms with van der Waals surface area (Å²) in [5.41, 5.74) is 0. The van der Waals surface area contributed by atoms with Crippen molar-refractivity contribution >= 4 is 11.9 Å². The number of aliphatic hydroxyl groups is 2. The molecule has 0 aliphatic carbocycles. The monoisotopic (exact) mass is 790 g/mol. The minimum absolute atomic E-state index is 0.0390. The van der Waals surface area contributed by atoms with Gasteiger partial charge in [0.2, 0.25) is 5.91 Å². The fourth-order valence-corrected chi connectivity index (χ4v) is 7.43. The van der Waals surface area contributed by atoms with Crippen LogP contribution in [0.25, 0.3) is 0 Å². The maximum absolute atomic E-state index is 12.4. The summed E-state index contributed by atoms with van der Waals surface area (Å²) >= 11 is 0. The van der Waals surface area contributed by atoms with E-state index in [0.29, 0.717) is 25.9 Å². The number of carbonyl (C=O) groups is 2. The van der Waals surface area contributed by atoms with E-state index in [1.54, 1.807) is 0 Å². The zero-order chi connectivity index (χ0) is 40.8. The van der Waals surface area contributed by atoms with Crippen molar-refractivity contribution in [1.82, 2.24) is 5.32 Å². The van der Waals surface area contributed by atoms with Crippen LogP contribution in [0.2, 0.25) is 0 Å². The Balaban J connectivity index is 3.51. The van der Waals surface area contributed by atoms with Gasteiger partial charge in [0.1, 0.15) is 0 Å². The number of ether oxygens (including phenoxy) is 1. The maximum Gasteiger partial charge on any atom is 0.305 e. The van der Waals surface area contributed by atoms with Crippen molar-refractivity contribution in [2.24, 2.45) is 0 Å². The smallest absolute Gasteiger partial charge is 0.305 e. The van der Waals surface area contributed by atoms with E-state index in [2.05, 4.69) is 43.5 Å². The zero-order valence-corrected chi connectivity index (χ0v) is 37.4. The van der Waals surface area contributed by atoms with Gasteiger partial charge in [-0.25, -0.2) is 0 Å². The van der Waals surface area contributed by atoms with Crippen LogP contribution in [-0.4, -0.2) is 47.4 Å². The summed E-state index contributed by atoms with van der Waals surface area (Å²) in [5, 5.41) is 23.2. The minimum Gasteiger partial charge on any atom is -0.466 e. The number of hydrogen-bond donors (Lipinski definition) is 3. The molecule has 0 heterocycles. The molecule has 2 unspecified atom stereocenters. The molecule has 0 aromatic rings. The van der Waals surface area contributed by atoms with Gasteiger partial charge in [-0.15, -0.1) is 0 Å². The molecule has 0 saturated carbocycles. The van der Waals surface area contributed by atoms with Gasteiger partial charge >= 0.3 is 5.97 Å². The van der Waals surface area contributed by atoms with Crippen LogP contribution in [0.4, 0.5) is 0 Å². The van der Waals surface area contributed by atoms with E-state index in [1.165, 1.54) is 154 Å². The van der Waals surface area contributed by atoms with E-state index in [4.69, 9.17) is 4.74 Å². The van der Waals surface area contributed by atoms with Crippen LogP contribution >= 0.6 is 0 Å². The quantitative estimate of drug-likeness (QED) is 0.0324. The highest BCUT2D eigenvalue weighted by Gasteiger charge is 2.20. The highest BCUT2D eigenvalue weighted by atomic mass is 16.5. The molecule has 0 spiro atoms. The summed E-state index contributed by atoms with van der Waals surface area (Å²) in [6.07, 6.45) is 52.7. The molecule has 6 nitrogen and oxygen atoms in total. The Morgan fingerprint density at radius 3 is 1.39 bits per heavy atom. The SMILES string of the molecule is CCCCC/C=C\C/C=C\CCCCCCCC(=O)OCCCCCCCCCCCC(=O)NC(CO)C(O)CCCCCCCCCCCCCCCCC. The molecule has 2 atom stereocenters. The van der Waals surface area contributed by atoms with E-state index >= 15 is 0 Å². The number of nitrogens with one attached hydrogen (secondary N) is 1. The second kappa shape index (κ2) is 46.0. The summed E-state index contributed by atoms with van der Waals surface area (Å²) in [4.78, 5) is 24.5. The molecule has 0 fully saturated rings. The van der Waals surface area contributed by atoms with Crippen molar-refractivity contribution in [3.63, 3.8) is 0 Å². The van der Waals surface area contributed by atoms with Gasteiger partial charge in [-0.1, -0.05) is 212 Å². The first-order valence-corrected chi connectivity index (χ1v) is 24.6. The number of allylic oxidation sites excluding steroid dienone is 4. The molecule has 0 aromatic heterocycles. The third-order valence-electron chi connectivity index (χ3n) is 11.3. The molecular weight excluding hydrogens is 695 g/mol. The fourth-order valence-electron chi connectivity index (χ4n) is 7.43. The molecule has 1 amide bonds. The van der Waals surface area contributed by atoms with Crippen molar-refractivity contribution in [2.75, 3.05) is 13.2 Å². The van der Waals surface area contributed by atoms with Gasteiger partial charge < -0.3 is 20.3 Å². The Bertz CT molecular complexity index is 874. The van der Waals surface area contributed by atoms with Gasteiger partial charge in [-0.3, -0.25) is 9.59 Å². The highest BCUT2D eigenvalue weighted by Crippen LogP contribution is 2.16. The van der Waals surface area contributed by atoms with Gasteiger partial charge in [0.15, 0.2) is 0 Å². The molecule has 0 aromatic carbocycles. The molecule has 0 bridgehead atoms. The maximum atomic E-state index is 12.4. The Morgan fingerprint density at radius 2 is 0.893 bits per heavy atom. The molecule has 6 heteroatoms. The van der Waals surface area contributed by atoms with E-state index < -0.39 is 12.1 Å². The average molecular weight is 790 g/mol. The predicted octanol–water partition coefficient (Wildman–Crippen LogP) is 14.3. The van der Waals surface area contributed by atoms with Crippen molar-refractivity contribution in [3.8, 4) is 0 Å². The number of esters is 1. The van der Waals surface area contributed by atoms with Crippen LogP contribution < -0.4 is 5.32 Å². The molecule has 3 N–H and O–H groups in total. The van der Waals surface area contributed by atoms with Crippen LogP contribution in [0, 0.1) is 0 Å². The van der Waals surface area contributed by atoms with Crippen molar-refractivity contribution in [3.05, 3.63) is 24.3 Å². The fraction of sp³-hybridized carbons (Fsp3) is 0.880. The van der Waals surface area contributed by atoms with Gasteiger partial charge in [-0.05, 0) is 57.8 Å². The Hall–Kier alpha value is -1.66. The second-order valence-electron chi connectivity index (χ2n) is 16.8. The third-order valence-corrected chi connectivity index (χ3v) is 11.3. The van der Waals surface area contributed by atoms with Crippen molar-refractivity contribution in [1.29, 1.82) is 0 Å². The second-order valence-corrected chi connectivity index (χ2v) is 16.8. The third kappa shape index (κ3) is 42.0. The number of amides is 1. The van der Waals surface area contributed by atoms with E-state index in [-0.39, 0.29) is 18.5 Å². The Kier molecular flexibility index (Phi) is 44.7. The Labute approximate surface area is 348 Å². The minimum atomic E-state index is -0.682. The Morgan fingerprint density at radius 1 is 0.500 bits per heavy atom. The number of carbonyl (C=O) groups excluding carboxylic acids is 2. The van der Waals surface area contributed by atoms with Gasteiger partial charge in [-0.2, -0.15) is 0 Å². The van der Waals surface area contributed by atoms with Crippen molar-refractivity contribution < 1.29 is 24.5 Å². The van der Waals surface area contributed by atoms with Gasteiger partial charge in [0, 0.05) is 12.8 Å². The molecule has 0 rings (SSSR count). The molecule has 0 aliphatic heterocycles. The lowest BCUT2D eigenvalue weighted by Gasteiger charge is -2.22. The largest absolute Gasteiger partial charge is 0.466 e. The summed E-state index contributed by atoms with van der Waals surface area (Å²) in [7, 11) is 0. The molecule has 56 heavy (non-hydrogen) atoms. The van der Waals surface area contributed by atoms with Gasteiger partial charge in [0.05, 0.1) is 25.4 Å². The van der Waals surface area contributed by atoms with Crippen LogP contribution in [0.1, 0.15) is 258 Å². The number of hydrogen-bond acceptors (Lipinski definition) is 5. The predicted molar refractivity (Wildman–Crippen MR) is 241 cm³/mol. The lowest BCUT2D eigenvalue weighted by Crippen LogP contribution is -2.45. The summed E-state index contributed by atoms with van der Waals surface area (Å²) in [5.74, 6) is -0.103. The molecular formula is C50H95NO5. The summed E-state index contributed by atoms with van der Waals surface area (Å²) in [6, 6.07) is -0.562. The van der Waals surface area contributed by atoms with E-state index in [0.717, 1.165) is 70.6 Å². The topological polar surface area (TPSA) is 95.9 Å². The summed E-state index contributed by atoms with van der Waals surface area (Å²) in [6.45, 7) is 4.85. The van der Waals surface area contributed by atoms with Crippen LogP contribution in [0.5, 0.6) is 0 Å². The number of rotatable bonds is 45. The van der Waals surface area contributed by atoms with E-state index in [9.17, 15) is 19.8 Å². The number of aliphatic hydroxyl groups excluding tert-OH is 2. The van der Waals surface area contributed by atoms with E-state index in [1.807, 2.05) is 0 Å². The van der Waals surface area contributed by atoms with Crippen LogP contribution in [-0.2, 0) is 14.3 Å². The lowest BCUT2D eigenvalue weighted by molar-refractivity contribution is -0.143. The first-order chi connectivity index (χ1) is 27.5. The lowest BCUT2D eigenvalue weighted by atomic mass is 10.0. The summed E-state index contributed by atoms with van der Waals surface area (Å²) < 4.78 is 5.44. The zero-order valence-electron chi connectivity index (χ0n) is 37.4. The highest BCUT2D eigenvalue weighted by molar-refractivity contribution is 5.76. The normalized spacial score (nSPS) is 12.9. The standard InChI is InChI=1S/C50H95NO5/c1-3-5-7-9-11-13-15-17-19-21-23-26-30-34-38-42-48(53)47(46-52)51-49(54)43-39-35-31-27-25-29-33-37-41-45-56-50(55)44-40-36-32-28-24-22-20-18-16-14-12-10-8-6-4-2/h12,14,18,20,47-48,52-53H,3-11,13,15-17,19,21-46H2,1-2H3,(H,51,54)/b14-12-,20-18-. The van der Waals surface area contributed by atoms with Crippen LogP contribution in [0.15, 0.2) is 24.3 Å². The van der Waals surface area contributed by atoms with Crippen LogP contribution in [0.3, 0.4) is 0 Å².